The lowest BCUT2D eigenvalue weighted by Crippen LogP contribution is -2.36. The van der Waals surface area contributed by atoms with Crippen LogP contribution in [0.5, 0.6) is 0 Å². The smallest absolute Gasteiger partial charge is 0.317 e. The molecule has 0 bridgehead atoms. The molecule has 0 aromatic heterocycles. The van der Waals surface area contributed by atoms with Crippen LogP contribution < -0.4 is 5.32 Å². The topological polar surface area (TPSA) is 89.5 Å². The number of amides is 1. The third kappa shape index (κ3) is 6.46. The van der Waals surface area contributed by atoms with E-state index in [1.807, 2.05) is 6.08 Å². The van der Waals surface area contributed by atoms with Gasteiger partial charge in [0.2, 0.25) is 5.91 Å². The second-order valence-corrected chi connectivity index (χ2v) is 7.46. The van der Waals surface area contributed by atoms with Gasteiger partial charge in [0, 0.05) is 17.9 Å². The van der Waals surface area contributed by atoms with Gasteiger partial charge in [-0.25, -0.2) is 0 Å². The molecule has 1 amide bonds. The van der Waals surface area contributed by atoms with Gasteiger partial charge >= 0.3 is 11.9 Å². The summed E-state index contributed by atoms with van der Waals surface area (Å²) in [5, 5.41) is 3.42. The van der Waals surface area contributed by atoms with Gasteiger partial charge in [0.05, 0.1) is 22.5 Å². The Morgan fingerprint density at radius 3 is 2.43 bits per heavy atom. The predicted octanol–water partition coefficient (Wildman–Crippen LogP) is 4.34. The molecule has 2 unspecified atom stereocenters. The Labute approximate surface area is 173 Å². The van der Waals surface area contributed by atoms with Crippen molar-refractivity contribution in [3.05, 3.63) is 40.4 Å². The van der Waals surface area contributed by atoms with Gasteiger partial charge in [0.25, 0.3) is 0 Å². The van der Waals surface area contributed by atoms with Crippen molar-refractivity contribution >= 4 is 52.5 Å². The lowest BCUT2D eigenvalue weighted by molar-refractivity contribution is -0.165. The van der Waals surface area contributed by atoms with Gasteiger partial charge in [-0.2, -0.15) is 0 Å². The number of halogens is 2. The van der Waals surface area contributed by atoms with Crippen molar-refractivity contribution < 1.29 is 23.9 Å². The Morgan fingerprint density at radius 1 is 1.07 bits per heavy atom. The first-order valence-corrected chi connectivity index (χ1v) is 9.68. The second kappa shape index (κ2) is 10.4. The maximum Gasteiger partial charge on any atom is 0.317 e. The quantitative estimate of drug-likeness (QED) is 0.398. The average molecular weight is 426 g/mol. The van der Waals surface area contributed by atoms with E-state index >= 15 is 0 Å². The highest BCUT2D eigenvalue weighted by atomic mass is 35.5. The highest BCUT2D eigenvalue weighted by Gasteiger charge is 2.36. The molecule has 1 N–H and O–H groups in total. The van der Waals surface area contributed by atoms with E-state index in [0.717, 1.165) is 0 Å². The lowest BCUT2D eigenvalue weighted by atomic mass is 9.82. The van der Waals surface area contributed by atoms with Gasteiger partial charge in [0.1, 0.15) is 5.78 Å². The van der Waals surface area contributed by atoms with Crippen LogP contribution >= 0.6 is 23.2 Å². The predicted molar refractivity (Wildman–Crippen MR) is 106 cm³/mol. The molecule has 1 aliphatic carbocycles. The molecule has 1 aliphatic rings. The van der Waals surface area contributed by atoms with E-state index in [-0.39, 0.29) is 18.6 Å². The minimum absolute atomic E-state index is 0.0249. The summed E-state index contributed by atoms with van der Waals surface area (Å²) >= 11 is 12.0. The molecular weight excluding hydrogens is 405 g/mol. The van der Waals surface area contributed by atoms with Crippen molar-refractivity contribution in [2.45, 2.75) is 39.0 Å². The van der Waals surface area contributed by atoms with Crippen LogP contribution in [0.3, 0.4) is 0 Å². The zero-order valence-corrected chi connectivity index (χ0v) is 16.9. The van der Waals surface area contributed by atoms with Crippen molar-refractivity contribution in [3.63, 3.8) is 0 Å². The van der Waals surface area contributed by atoms with Gasteiger partial charge < -0.3 is 14.8 Å². The molecule has 0 spiro atoms. The number of hydrogen-bond acceptors (Lipinski definition) is 5. The number of anilines is 1. The number of rotatable bonds is 7. The fraction of sp³-hybridized carbons (Fsp3) is 0.400. The third-order valence-corrected chi connectivity index (χ3v) is 4.95. The number of nitrogens with one attached hydrogen (secondary N) is 1. The lowest BCUT2D eigenvalue weighted by Gasteiger charge is -2.25. The summed E-state index contributed by atoms with van der Waals surface area (Å²) in [5.74, 6) is -3.35. The zero-order valence-electron chi connectivity index (χ0n) is 15.4. The van der Waals surface area contributed by atoms with Crippen molar-refractivity contribution in [3.8, 4) is 0 Å². The third-order valence-electron chi connectivity index (χ3n) is 4.38. The zero-order chi connectivity index (χ0) is 20.7. The molecule has 2 rings (SSSR count). The highest BCUT2D eigenvalue weighted by molar-refractivity contribution is 6.35. The van der Waals surface area contributed by atoms with E-state index < -0.39 is 29.7 Å². The van der Waals surface area contributed by atoms with Crippen LogP contribution in [0, 0.1) is 11.8 Å². The maximum absolute atomic E-state index is 12.7. The maximum atomic E-state index is 12.7. The minimum atomic E-state index is -0.778. The average Bonchev–Trinajstić information content (AvgIpc) is 2.64. The van der Waals surface area contributed by atoms with Gasteiger partial charge in [-0.1, -0.05) is 35.4 Å². The van der Waals surface area contributed by atoms with Crippen LogP contribution in [0.2, 0.25) is 10.0 Å². The fourth-order valence-electron chi connectivity index (χ4n) is 2.90. The number of carbonyl (C=O) groups is 4. The SMILES string of the molecule is CC(=O)CCCC(=O)OC(=O)C1CC=CCC1C(=O)Nc1cc(Cl)ccc1Cl. The number of benzene rings is 1. The second-order valence-electron chi connectivity index (χ2n) is 6.62. The monoisotopic (exact) mass is 425 g/mol. The van der Waals surface area contributed by atoms with Crippen molar-refractivity contribution in [1.29, 1.82) is 0 Å². The summed E-state index contributed by atoms with van der Waals surface area (Å²) in [6.45, 7) is 1.43. The molecule has 8 heteroatoms. The van der Waals surface area contributed by atoms with Crippen LogP contribution in [0.4, 0.5) is 5.69 Å². The Kier molecular flexibility index (Phi) is 8.20. The Morgan fingerprint density at radius 2 is 1.75 bits per heavy atom. The summed E-state index contributed by atoms with van der Waals surface area (Å²) in [6.07, 6.45) is 4.76. The van der Waals surface area contributed by atoms with Crippen LogP contribution in [-0.4, -0.2) is 23.6 Å². The summed E-state index contributed by atoms with van der Waals surface area (Å²) in [5.41, 5.74) is 0.348. The minimum Gasteiger partial charge on any atom is -0.393 e. The Hall–Kier alpha value is -2.18. The first-order chi connectivity index (χ1) is 13.3. The molecule has 0 saturated carbocycles. The van der Waals surface area contributed by atoms with Gasteiger partial charge in [-0.15, -0.1) is 0 Å². The molecule has 2 atom stereocenters. The standard InChI is InChI=1S/C20H21Cl2NO5/c1-12(24)5-4-8-18(25)28-20(27)15-7-3-2-6-14(15)19(26)23-17-11-13(21)9-10-16(17)22/h2-3,9-11,14-15H,4-8H2,1H3,(H,23,26). The van der Waals surface area contributed by atoms with Crippen molar-refractivity contribution in [2.24, 2.45) is 11.8 Å². The molecule has 6 nitrogen and oxygen atoms in total. The number of ketones is 1. The van der Waals surface area contributed by atoms with Crippen LogP contribution in [0.1, 0.15) is 39.0 Å². The number of hydrogen-bond donors (Lipinski definition) is 1. The van der Waals surface area contributed by atoms with Gasteiger partial charge in [0.15, 0.2) is 0 Å². The van der Waals surface area contributed by atoms with E-state index in [0.29, 0.717) is 35.0 Å². The molecule has 0 saturated heterocycles. The van der Waals surface area contributed by atoms with E-state index in [4.69, 9.17) is 27.9 Å². The summed E-state index contributed by atoms with van der Waals surface area (Å²) in [4.78, 5) is 47.9. The Balaban J connectivity index is 2.00. The molecule has 0 fully saturated rings. The highest BCUT2D eigenvalue weighted by Crippen LogP contribution is 2.31. The number of ether oxygens (including phenoxy) is 1. The number of allylic oxidation sites excluding steroid dienone is 2. The number of Topliss-reactive ketones (excluding diaryl/α,β-unsaturated/α-hetero) is 1. The normalized spacial score (nSPS) is 18.4. The van der Waals surface area contributed by atoms with Crippen LogP contribution in [0.15, 0.2) is 30.4 Å². The Bertz CT molecular complexity index is 806. The largest absolute Gasteiger partial charge is 0.393 e. The van der Waals surface area contributed by atoms with E-state index in [2.05, 4.69) is 5.32 Å². The number of esters is 2. The van der Waals surface area contributed by atoms with E-state index in [1.54, 1.807) is 18.2 Å². The summed E-state index contributed by atoms with van der Waals surface area (Å²) < 4.78 is 4.89. The van der Waals surface area contributed by atoms with E-state index in [9.17, 15) is 19.2 Å². The molecule has 1 aromatic carbocycles. The molecule has 0 radical (unpaired) electrons. The summed E-state index contributed by atoms with van der Waals surface area (Å²) in [6, 6.07) is 4.68. The van der Waals surface area contributed by atoms with Crippen molar-refractivity contribution in [1.82, 2.24) is 0 Å². The molecule has 150 valence electrons. The first kappa shape index (κ1) is 22.1. The fourth-order valence-corrected chi connectivity index (χ4v) is 3.24. The molecule has 0 aliphatic heterocycles. The molecule has 1 aromatic rings. The summed E-state index contributed by atoms with van der Waals surface area (Å²) in [7, 11) is 0. The van der Waals surface area contributed by atoms with Crippen LogP contribution in [0.25, 0.3) is 0 Å². The van der Waals surface area contributed by atoms with Crippen LogP contribution in [-0.2, 0) is 23.9 Å². The first-order valence-electron chi connectivity index (χ1n) is 8.92. The number of carbonyl (C=O) groups excluding carboxylic acids is 4. The van der Waals surface area contributed by atoms with Crippen molar-refractivity contribution in [2.75, 3.05) is 5.32 Å². The molecular formula is C20H21Cl2NO5. The van der Waals surface area contributed by atoms with Gasteiger partial charge in [-0.05, 0) is 44.4 Å². The van der Waals surface area contributed by atoms with Gasteiger partial charge in [-0.3, -0.25) is 14.4 Å². The molecule has 28 heavy (non-hydrogen) atoms. The van der Waals surface area contributed by atoms with E-state index in [1.165, 1.54) is 13.0 Å². The molecule has 0 heterocycles.